The molecule has 0 heterocycles. The highest BCUT2D eigenvalue weighted by molar-refractivity contribution is 5.90. The van der Waals surface area contributed by atoms with Gasteiger partial charge in [-0.15, -0.1) is 0 Å². The number of carbonyl (C=O) groups is 3. The first-order chi connectivity index (χ1) is 12.6. The van der Waals surface area contributed by atoms with Gasteiger partial charge >= 0.3 is 5.97 Å². The van der Waals surface area contributed by atoms with Crippen molar-refractivity contribution in [1.29, 1.82) is 0 Å². The molecule has 0 saturated heterocycles. The fourth-order valence-corrected chi connectivity index (χ4v) is 2.12. The third-order valence-electron chi connectivity index (χ3n) is 3.28. The van der Waals surface area contributed by atoms with Crippen molar-refractivity contribution in [1.82, 2.24) is 10.2 Å². The Labute approximate surface area is 160 Å². The molecule has 1 aromatic carbocycles. The van der Waals surface area contributed by atoms with Gasteiger partial charge in [0.25, 0.3) is 5.91 Å². The highest BCUT2D eigenvalue weighted by Crippen LogP contribution is 2.19. The molecule has 0 aliphatic carbocycles. The number of para-hydroxylation sites is 1. The molecule has 27 heavy (non-hydrogen) atoms. The lowest BCUT2D eigenvalue weighted by molar-refractivity contribution is -0.148. The largest absolute Gasteiger partial charge is 0.493 e. The summed E-state index contributed by atoms with van der Waals surface area (Å²) in [6.07, 6.45) is 2.80. The predicted molar refractivity (Wildman–Crippen MR) is 103 cm³/mol. The summed E-state index contributed by atoms with van der Waals surface area (Å²) in [6.45, 7) is 7.40. The van der Waals surface area contributed by atoms with Gasteiger partial charge in [-0.3, -0.25) is 9.59 Å². The molecule has 148 valence electrons. The van der Waals surface area contributed by atoms with Crippen LogP contribution in [-0.2, 0) is 19.1 Å². The van der Waals surface area contributed by atoms with Gasteiger partial charge in [0.1, 0.15) is 5.75 Å². The Balaban J connectivity index is 2.49. The summed E-state index contributed by atoms with van der Waals surface area (Å²) in [6, 6.07) is 7.27. The van der Waals surface area contributed by atoms with Gasteiger partial charge in [0.2, 0.25) is 5.91 Å². The third-order valence-corrected chi connectivity index (χ3v) is 3.28. The maximum atomic E-state index is 12.0. The standard InChI is InChI=1S/C20H28N2O5/c1-6-26-16-10-8-7-9-15(16)11-12-19(25)27-14-18(24)22(5)13-17(23)21-20(2,3)4/h7-12H,6,13-14H2,1-5H3,(H,21,23)/b12-11+. The van der Waals surface area contributed by atoms with Gasteiger partial charge < -0.3 is 19.7 Å². The molecule has 0 bridgehead atoms. The molecule has 0 saturated carbocycles. The Morgan fingerprint density at radius 3 is 2.48 bits per heavy atom. The van der Waals surface area contributed by atoms with Gasteiger partial charge in [-0.1, -0.05) is 18.2 Å². The predicted octanol–water partition coefficient (Wildman–Crippen LogP) is 2.01. The highest BCUT2D eigenvalue weighted by atomic mass is 16.5. The Hall–Kier alpha value is -2.83. The molecule has 7 nitrogen and oxygen atoms in total. The van der Waals surface area contributed by atoms with E-state index in [1.807, 2.05) is 45.9 Å². The molecule has 0 radical (unpaired) electrons. The van der Waals surface area contributed by atoms with Crippen molar-refractivity contribution in [2.45, 2.75) is 33.2 Å². The molecule has 0 aliphatic heterocycles. The van der Waals surface area contributed by atoms with Crippen molar-refractivity contribution in [2.75, 3.05) is 26.8 Å². The van der Waals surface area contributed by atoms with Gasteiger partial charge in [0.15, 0.2) is 6.61 Å². The van der Waals surface area contributed by atoms with E-state index in [0.717, 1.165) is 5.56 Å². The maximum Gasteiger partial charge on any atom is 0.331 e. The lowest BCUT2D eigenvalue weighted by Gasteiger charge is -2.23. The van der Waals surface area contributed by atoms with E-state index in [9.17, 15) is 14.4 Å². The summed E-state index contributed by atoms with van der Waals surface area (Å²) in [4.78, 5) is 36.8. The van der Waals surface area contributed by atoms with E-state index in [1.54, 1.807) is 12.1 Å². The fourth-order valence-electron chi connectivity index (χ4n) is 2.12. The highest BCUT2D eigenvalue weighted by Gasteiger charge is 2.18. The van der Waals surface area contributed by atoms with E-state index >= 15 is 0 Å². The number of benzene rings is 1. The number of hydrogen-bond acceptors (Lipinski definition) is 5. The smallest absolute Gasteiger partial charge is 0.331 e. The molecule has 0 spiro atoms. The SMILES string of the molecule is CCOc1ccccc1/C=C/C(=O)OCC(=O)N(C)CC(=O)NC(C)(C)C. The Morgan fingerprint density at radius 2 is 1.85 bits per heavy atom. The number of rotatable bonds is 8. The molecule has 0 atom stereocenters. The number of ether oxygens (including phenoxy) is 2. The van der Waals surface area contributed by atoms with Crippen LogP contribution in [0, 0.1) is 0 Å². The van der Waals surface area contributed by atoms with Crippen LogP contribution in [0.5, 0.6) is 5.75 Å². The quantitative estimate of drug-likeness (QED) is 0.554. The summed E-state index contributed by atoms with van der Waals surface area (Å²) < 4.78 is 10.4. The second-order valence-corrected chi connectivity index (χ2v) is 6.96. The maximum absolute atomic E-state index is 12.0. The van der Waals surface area contributed by atoms with Gasteiger partial charge in [0.05, 0.1) is 13.2 Å². The minimum Gasteiger partial charge on any atom is -0.493 e. The van der Waals surface area contributed by atoms with Crippen LogP contribution in [0.1, 0.15) is 33.3 Å². The molecule has 2 amide bonds. The van der Waals surface area contributed by atoms with Crippen LogP contribution in [0.25, 0.3) is 6.08 Å². The van der Waals surface area contributed by atoms with Crippen molar-refractivity contribution in [3.05, 3.63) is 35.9 Å². The van der Waals surface area contributed by atoms with E-state index in [4.69, 9.17) is 9.47 Å². The van der Waals surface area contributed by atoms with Gasteiger partial charge in [-0.05, 0) is 39.8 Å². The molecule has 0 aliphatic rings. The van der Waals surface area contributed by atoms with E-state index in [2.05, 4.69) is 5.32 Å². The minimum absolute atomic E-state index is 0.106. The zero-order valence-electron chi connectivity index (χ0n) is 16.6. The fraction of sp³-hybridized carbons (Fsp3) is 0.450. The average Bonchev–Trinajstić information content (AvgIpc) is 2.57. The number of carbonyl (C=O) groups excluding carboxylic acids is 3. The summed E-state index contributed by atoms with van der Waals surface area (Å²) in [5.41, 5.74) is 0.356. The second-order valence-electron chi connectivity index (χ2n) is 6.96. The summed E-state index contributed by atoms with van der Waals surface area (Å²) >= 11 is 0. The lowest BCUT2D eigenvalue weighted by atomic mass is 10.1. The van der Waals surface area contributed by atoms with E-state index in [1.165, 1.54) is 18.0 Å². The number of hydrogen-bond donors (Lipinski definition) is 1. The molecule has 1 N–H and O–H groups in total. The normalized spacial score (nSPS) is 11.1. The number of nitrogens with zero attached hydrogens (tertiary/aromatic N) is 1. The molecule has 0 fully saturated rings. The summed E-state index contributed by atoms with van der Waals surface area (Å²) in [5, 5.41) is 2.76. The van der Waals surface area contributed by atoms with Crippen molar-refractivity contribution in [3.8, 4) is 5.75 Å². The first-order valence-electron chi connectivity index (χ1n) is 8.74. The number of amides is 2. The van der Waals surface area contributed by atoms with Crippen molar-refractivity contribution in [3.63, 3.8) is 0 Å². The summed E-state index contributed by atoms with van der Waals surface area (Å²) in [7, 11) is 1.48. The van der Waals surface area contributed by atoms with E-state index in [0.29, 0.717) is 12.4 Å². The Kier molecular flexibility index (Phi) is 8.51. The van der Waals surface area contributed by atoms with Crippen LogP contribution in [0.4, 0.5) is 0 Å². The van der Waals surface area contributed by atoms with Crippen LogP contribution in [0.15, 0.2) is 30.3 Å². The zero-order valence-corrected chi connectivity index (χ0v) is 16.6. The Morgan fingerprint density at radius 1 is 1.19 bits per heavy atom. The van der Waals surface area contributed by atoms with Crippen LogP contribution in [0.3, 0.4) is 0 Å². The number of esters is 1. The van der Waals surface area contributed by atoms with Crippen molar-refractivity contribution in [2.24, 2.45) is 0 Å². The first-order valence-corrected chi connectivity index (χ1v) is 8.74. The van der Waals surface area contributed by atoms with Gasteiger partial charge in [0, 0.05) is 24.2 Å². The van der Waals surface area contributed by atoms with E-state index < -0.39 is 18.5 Å². The van der Waals surface area contributed by atoms with Crippen molar-refractivity contribution >= 4 is 23.9 Å². The monoisotopic (exact) mass is 376 g/mol. The molecule has 1 aromatic rings. The van der Waals surface area contributed by atoms with Crippen LogP contribution >= 0.6 is 0 Å². The average molecular weight is 376 g/mol. The number of nitrogens with one attached hydrogen (secondary N) is 1. The third kappa shape index (κ3) is 8.89. The van der Waals surface area contributed by atoms with Crippen LogP contribution in [0.2, 0.25) is 0 Å². The second kappa shape index (κ2) is 10.4. The molecular weight excluding hydrogens is 348 g/mol. The van der Waals surface area contributed by atoms with Gasteiger partial charge in [-0.2, -0.15) is 0 Å². The minimum atomic E-state index is -0.651. The molecule has 7 heteroatoms. The van der Waals surface area contributed by atoms with Crippen molar-refractivity contribution < 1.29 is 23.9 Å². The first kappa shape index (κ1) is 22.2. The molecule has 0 aromatic heterocycles. The molecule has 0 unspecified atom stereocenters. The summed E-state index contributed by atoms with van der Waals surface area (Å²) in [5.74, 6) is -0.737. The number of likely N-dealkylation sites (N-methyl/N-ethyl adjacent to an activating group) is 1. The molecule has 1 rings (SSSR count). The zero-order chi connectivity index (χ0) is 20.4. The van der Waals surface area contributed by atoms with E-state index in [-0.39, 0.29) is 18.0 Å². The van der Waals surface area contributed by atoms with Crippen LogP contribution in [-0.4, -0.2) is 55.0 Å². The topological polar surface area (TPSA) is 84.9 Å². The molecular formula is C20H28N2O5. The van der Waals surface area contributed by atoms with Crippen LogP contribution < -0.4 is 10.1 Å². The Bertz CT molecular complexity index is 692. The lowest BCUT2D eigenvalue weighted by Crippen LogP contribution is -2.46. The van der Waals surface area contributed by atoms with Gasteiger partial charge in [-0.25, -0.2) is 4.79 Å².